The van der Waals surface area contributed by atoms with E-state index in [1.54, 1.807) is 6.07 Å². The number of phenols is 1. The zero-order valence-electron chi connectivity index (χ0n) is 9.85. The number of benzene rings is 2. The third-order valence-electron chi connectivity index (χ3n) is 2.92. The summed E-state index contributed by atoms with van der Waals surface area (Å²) in [5.74, 6) is 0.311. The van der Waals surface area contributed by atoms with Gasteiger partial charge in [0, 0.05) is 5.56 Å². The number of hydrogen-bond donors (Lipinski definition) is 2. The highest BCUT2D eigenvalue weighted by Gasteiger charge is 2.05. The minimum Gasteiger partial charge on any atom is -0.508 e. The molecule has 2 heteroatoms. The first-order chi connectivity index (χ1) is 8.22. The quantitative estimate of drug-likeness (QED) is 0.793. The average molecular weight is 228 g/mol. The van der Waals surface area contributed by atoms with Crippen LogP contribution in [0, 0.1) is 0 Å². The number of phenolic OH excluding ortho intramolecular Hbond substituents is 1. The third-order valence-corrected chi connectivity index (χ3v) is 2.92. The van der Waals surface area contributed by atoms with Crippen LogP contribution in [-0.2, 0) is 6.42 Å². The molecule has 0 heterocycles. The van der Waals surface area contributed by atoms with E-state index in [-0.39, 0.29) is 6.61 Å². The molecule has 2 aromatic rings. The Hall–Kier alpha value is -1.80. The highest BCUT2D eigenvalue weighted by Crippen LogP contribution is 2.27. The summed E-state index contributed by atoms with van der Waals surface area (Å²) in [5.41, 5.74) is 1.83. The van der Waals surface area contributed by atoms with Crippen molar-refractivity contribution in [2.45, 2.75) is 13.3 Å². The Balaban J connectivity index is 2.48. The van der Waals surface area contributed by atoms with Crippen molar-refractivity contribution < 1.29 is 10.2 Å². The number of aliphatic hydroxyl groups is 1. The van der Waals surface area contributed by atoms with Gasteiger partial charge in [-0.1, -0.05) is 42.0 Å². The molecule has 0 saturated heterocycles. The van der Waals surface area contributed by atoms with Gasteiger partial charge in [-0.2, -0.15) is 0 Å². The monoisotopic (exact) mass is 228 g/mol. The molecule has 2 N–H and O–H groups in total. The van der Waals surface area contributed by atoms with Gasteiger partial charge in [0.1, 0.15) is 5.75 Å². The molecule has 0 unspecified atom stereocenters. The lowest BCUT2D eigenvalue weighted by atomic mass is 10.0. The molecule has 2 aromatic carbocycles. The van der Waals surface area contributed by atoms with Crippen molar-refractivity contribution in [3.8, 4) is 5.75 Å². The van der Waals surface area contributed by atoms with Gasteiger partial charge in [0.15, 0.2) is 0 Å². The smallest absolute Gasteiger partial charge is 0.119 e. The molecule has 17 heavy (non-hydrogen) atoms. The maximum atomic E-state index is 9.90. The Morgan fingerprint density at radius 3 is 2.71 bits per heavy atom. The first-order valence-corrected chi connectivity index (χ1v) is 5.68. The first kappa shape index (κ1) is 11.7. The molecule has 0 aliphatic carbocycles. The van der Waals surface area contributed by atoms with Gasteiger partial charge >= 0.3 is 0 Å². The minimum absolute atomic E-state index is 0.0610. The summed E-state index contributed by atoms with van der Waals surface area (Å²) < 4.78 is 0. The van der Waals surface area contributed by atoms with E-state index in [9.17, 15) is 5.11 Å². The van der Waals surface area contributed by atoms with Crippen molar-refractivity contribution in [2.75, 3.05) is 6.61 Å². The van der Waals surface area contributed by atoms with Crippen LogP contribution in [0.3, 0.4) is 0 Å². The average Bonchev–Trinajstić information content (AvgIpc) is 2.37. The van der Waals surface area contributed by atoms with Crippen LogP contribution in [0.2, 0.25) is 0 Å². The maximum Gasteiger partial charge on any atom is 0.119 e. The summed E-state index contributed by atoms with van der Waals surface area (Å²) in [7, 11) is 0. The second-order valence-corrected chi connectivity index (χ2v) is 4.20. The van der Waals surface area contributed by atoms with Gasteiger partial charge in [0.2, 0.25) is 0 Å². The van der Waals surface area contributed by atoms with Crippen LogP contribution >= 0.6 is 0 Å². The van der Waals surface area contributed by atoms with Crippen LogP contribution in [0.4, 0.5) is 0 Å². The minimum atomic E-state index is 0.0610. The predicted octanol–water partition coefficient (Wildman–Crippen LogP) is 3.03. The number of aromatic hydroxyl groups is 1. The molecule has 0 amide bonds. The Morgan fingerprint density at radius 2 is 1.94 bits per heavy atom. The molecule has 0 aliphatic heterocycles. The van der Waals surface area contributed by atoms with Gasteiger partial charge in [-0.05, 0) is 30.2 Å². The number of aliphatic hydroxyl groups excluding tert-OH is 1. The molecule has 2 nitrogen and oxygen atoms in total. The van der Waals surface area contributed by atoms with E-state index in [0.717, 1.165) is 21.9 Å². The number of fused-ring (bicyclic) bond motifs is 1. The molecule has 0 atom stereocenters. The van der Waals surface area contributed by atoms with E-state index in [1.165, 1.54) is 0 Å². The van der Waals surface area contributed by atoms with Crippen molar-refractivity contribution in [2.24, 2.45) is 0 Å². The van der Waals surface area contributed by atoms with Gasteiger partial charge in [0.05, 0.1) is 6.61 Å². The highest BCUT2D eigenvalue weighted by atomic mass is 16.3. The molecule has 0 fully saturated rings. The second-order valence-electron chi connectivity index (χ2n) is 4.20. The van der Waals surface area contributed by atoms with Crippen molar-refractivity contribution in [3.63, 3.8) is 0 Å². The molecule has 0 radical (unpaired) electrons. The summed E-state index contributed by atoms with van der Waals surface area (Å²) >= 11 is 0. The van der Waals surface area contributed by atoms with Crippen LogP contribution in [0.15, 0.2) is 48.0 Å². The molecule has 2 rings (SSSR count). The van der Waals surface area contributed by atoms with Crippen molar-refractivity contribution in [1.82, 2.24) is 0 Å². The highest BCUT2D eigenvalue weighted by molar-refractivity contribution is 5.87. The zero-order chi connectivity index (χ0) is 12.3. The topological polar surface area (TPSA) is 40.5 Å². The van der Waals surface area contributed by atoms with Gasteiger partial charge in [-0.25, -0.2) is 0 Å². The Labute approximate surface area is 101 Å². The van der Waals surface area contributed by atoms with Crippen molar-refractivity contribution >= 4 is 10.8 Å². The Morgan fingerprint density at radius 1 is 1.18 bits per heavy atom. The van der Waals surface area contributed by atoms with Crippen LogP contribution in [-0.4, -0.2) is 16.8 Å². The number of allylic oxidation sites excluding steroid dienone is 1. The summed E-state index contributed by atoms with van der Waals surface area (Å²) in [6.45, 7) is 1.94. The molecular formula is C15H16O2. The summed E-state index contributed by atoms with van der Waals surface area (Å²) in [6, 6.07) is 11.6. The second kappa shape index (κ2) is 5.02. The Kier molecular flexibility index (Phi) is 3.45. The molecule has 0 aromatic heterocycles. The predicted molar refractivity (Wildman–Crippen MR) is 70.2 cm³/mol. The zero-order valence-corrected chi connectivity index (χ0v) is 9.85. The fourth-order valence-electron chi connectivity index (χ4n) is 1.88. The summed E-state index contributed by atoms with van der Waals surface area (Å²) in [6.07, 6.45) is 2.58. The maximum absolute atomic E-state index is 9.90. The lowest BCUT2D eigenvalue weighted by molar-refractivity contribution is 0.331. The number of hydrogen-bond acceptors (Lipinski definition) is 2. The first-order valence-electron chi connectivity index (χ1n) is 5.68. The summed E-state index contributed by atoms with van der Waals surface area (Å²) in [5, 5.41) is 21.1. The summed E-state index contributed by atoms with van der Waals surface area (Å²) in [4.78, 5) is 0. The largest absolute Gasteiger partial charge is 0.508 e. The number of rotatable bonds is 3. The van der Waals surface area contributed by atoms with E-state index in [1.807, 2.05) is 43.3 Å². The van der Waals surface area contributed by atoms with Crippen molar-refractivity contribution in [1.29, 1.82) is 0 Å². The fourth-order valence-corrected chi connectivity index (χ4v) is 1.88. The molecular weight excluding hydrogens is 212 g/mol. The van der Waals surface area contributed by atoms with E-state index >= 15 is 0 Å². The lowest BCUT2D eigenvalue weighted by Crippen LogP contribution is -1.89. The SMILES string of the molecule is C/C(=C\Cc1c(O)ccc2ccccc12)CO. The fraction of sp³-hybridized carbons (Fsp3) is 0.200. The lowest BCUT2D eigenvalue weighted by Gasteiger charge is -2.07. The van der Waals surface area contributed by atoms with Crippen LogP contribution < -0.4 is 0 Å². The van der Waals surface area contributed by atoms with E-state index in [2.05, 4.69) is 0 Å². The Bertz CT molecular complexity index is 556. The molecule has 0 bridgehead atoms. The standard InChI is InChI=1S/C15H16O2/c1-11(10-16)6-8-14-13-5-3-2-4-12(13)7-9-15(14)17/h2-7,9,16-17H,8,10H2,1H3/b11-6+. The van der Waals surface area contributed by atoms with Crippen molar-refractivity contribution in [3.05, 3.63) is 53.6 Å². The molecule has 0 saturated carbocycles. The van der Waals surface area contributed by atoms with Gasteiger partial charge in [-0.15, -0.1) is 0 Å². The molecule has 88 valence electrons. The van der Waals surface area contributed by atoms with Crippen LogP contribution in [0.1, 0.15) is 12.5 Å². The van der Waals surface area contributed by atoms with Gasteiger partial charge in [-0.3, -0.25) is 0 Å². The van der Waals surface area contributed by atoms with Gasteiger partial charge < -0.3 is 10.2 Å². The normalized spacial score (nSPS) is 12.0. The molecule has 0 aliphatic rings. The molecule has 0 spiro atoms. The van der Waals surface area contributed by atoms with E-state index < -0.39 is 0 Å². The van der Waals surface area contributed by atoms with Crippen LogP contribution in [0.25, 0.3) is 10.8 Å². The third kappa shape index (κ3) is 2.48. The van der Waals surface area contributed by atoms with Crippen LogP contribution in [0.5, 0.6) is 5.75 Å². The van der Waals surface area contributed by atoms with E-state index in [4.69, 9.17) is 5.11 Å². The van der Waals surface area contributed by atoms with Gasteiger partial charge in [0.25, 0.3) is 0 Å². The van der Waals surface area contributed by atoms with E-state index in [0.29, 0.717) is 12.2 Å².